The minimum atomic E-state index is 0.608. The number of hydrogen-bond donors (Lipinski definition) is 1. The first-order valence-electron chi connectivity index (χ1n) is 5.53. The van der Waals surface area contributed by atoms with Crippen LogP contribution in [-0.2, 0) is 0 Å². The van der Waals surface area contributed by atoms with E-state index < -0.39 is 0 Å². The molecule has 0 radical (unpaired) electrons. The van der Waals surface area contributed by atoms with Gasteiger partial charge >= 0.3 is 0 Å². The molecule has 2 rings (SSSR count). The van der Waals surface area contributed by atoms with Crippen molar-refractivity contribution in [2.75, 3.05) is 6.54 Å². The average Bonchev–Trinajstić information content (AvgIpc) is 2.85. The molecule has 2 unspecified atom stereocenters. The number of nitrogens with one attached hydrogen (secondary N) is 1. The second kappa shape index (κ2) is 3.32. The van der Waals surface area contributed by atoms with Crippen LogP contribution in [0.2, 0.25) is 0 Å². The molecule has 1 aliphatic carbocycles. The van der Waals surface area contributed by atoms with E-state index in [2.05, 4.69) is 18.7 Å². The van der Waals surface area contributed by atoms with Crippen LogP contribution in [0.1, 0.15) is 39.5 Å². The minimum absolute atomic E-state index is 0.608. The topological polar surface area (TPSA) is 27.1 Å². The Hall–Kier alpha value is -0.530. The van der Waals surface area contributed by atoms with Crippen molar-refractivity contribution in [3.8, 4) is 0 Å². The zero-order valence-electron chi connectivity index (χ0n) is 8.71. The number of nitrogens with zero attached hydrogens (tertiary/aromatic N) is 1. The Morgan fingerprint density at radius 3 is 2.46 bits per heavy atom. The number of likely N-dealkylation sites (tertiary alicyclic amines) is 1. The molecule has 0 spiro atoms. The molecule has 2 heteroatoms. The molecule has 2 nitrogen and oxygen atoms in total. The van der Waals surface area contributed by atoms with E-state index in [1.165, 1.54) is 25.7 Å². The molecule has 0 aromatic carbocycles. The standard InChI is InChI=1S/C11H20N2/c1-8-5-6-13(9(2)7-8)11(12)10-3-4-10/h8-10,12H,3-7H2,1-2H3. The Morgan fingerprint density at radius 2 is 1.92 bits per heavy atom. The lowest BCUT2D eigenvalue weighted by molar-refractivity contribution is 0.204. The van der Waals surface area contributed by atoms with Crippen LogP contribution in [0.4, 0.5) is 0 Å². The smallest absolute Gasteiger partial charge is 0.0991 e. The molecule has 2 fully saturated rings. The summed E-state index contributed by atoms with van der Waals surface area (Å²) in [5.41, 5.74) is 0. The van der Waals surface area contributed by atoms with Crippen LogP contribution >= 0.6 is 0 Å². The number of amidine groups is 1. The van der Waals surface area contributed by atoms with Crippen molar-refractivity contribution in [3.63, 3.8) is 0 Å². The number of rotatable bonds is 1. The summed E-state index contributed by atoms with van der Waals surface area (Å²) in [5, 5.41) is 8.02. The van der Waals surface area contributed by atoms with Gasteiger partial charge in [-0.15, -0.1) is 0 Å². The molecule has 13 heavy (non-hydrogen) atoms. The fourth-order valence-electron chi connectivity index (χ4n) is 2.36. The van der Waals surface area contributed by atoms with E-state index in [0.717, 1.165) is 18.3 Å². The van der Waals surface area contributed by atoms with Crippen LogP contribution < -0.4 is 0 Å². The van der Waals surface area contributed by atoms with Gasteiger partial charge in [0, 0.05) is 18.5 Å². The van der Waals surface area contributed by atoms with E-state index >= 15 is 0 Å². The molecule has 0 amide bonds. The van der Waals surface area contributed by atoms with Crippen molar-refractivity contribution in [1.82, 2.24) is 4.90 Å². The second-order valence-electron chi connectivity index (χ2n) is 4.83. The summed E-state index contributed by atoms with van der Waals surface area (Å²) in [7, 11) is 0. The predicted molar refractivity (Wildman–Crippen MR) is 55.0 cm³/mol. The highest BCUT2D eigenvalue weighted by Gasteiger charge is 2.33. The van der Waals surface area contributed by atoms with Crippen molar-refractivity contribution >= 4 is 5.84 Å². The van der Waals surface area contributed by atoms with Gasteiger partial charge in [0.15, 0.2) is 0 Å². The Bertz CT molecular complexity index is 208. The third-order valence-electron chi connectivity index (χ3n) is 3.41. The van der Waals surface area contributed by atoms with Gasteiger partial charge in [0.2, 0.25) is 0 Å². The Labute approximate surface area is 80.8 Å². The fraction of sp³-hybridized carbons (Fsp3) is 0.909. The molecule has 1 aliphatic heterocycles. The van der Waals surface area contributed by atoms with Gasteiger partial charge in [-0.1, -0.05) is 6.92 Å². The van der Waals surface area contributed by atoms with Gasteiger partial charge in [-0.2, -0.15) is 0 Å². The summed E-state index contributed by atoms with van der Waals surface area (Å²) in [6.45, 7) is 5.72. The van der Waals surface area contributed by atoms with Gasteiger partial charge in [0.05, 0.1) is 5.84 Å². The summed E-state index contributed by atoms with van der Waals surface area (Å²) < 4.78 is 0. The van der Waals surface area contributed by atoms with Crippen molar-refractivity contribution in [2.45, 2.75) is 45.6 Å². The third kappa shape index (κ3) is 1.87. The van der Waals surface area contributed by atoms with Crippen molar-refractivity contribution in [1.29, 1.82) is 5.41 Å². The van der Waals surface area contributed by atoms with Gasteiger partial charge in [-0.25, -0.2) is 0 Å². The van der Waals surface area contributed by atoms with Crippen molar-refractivity contribution in [2.24, 2.45) is 11.8 Å². The normalized spacial score (nSPS) is 34.8. The molecular formula is C11H20N2. The fourth-order valence-corrected chi connectivity index (χ4v) is 2.36. The van der Waals surface area contributed by atoms with Crippen LogP contribution in [0.5, 0.6) is 0 Å². The molecule has 74 valence electrons. The summed E-state index contributed by atoms with van der Waals surface area (Å²) in [6, 6.07) is 0.608. The van der Waals surface area contributed by atoms with Gasteiger partial charge in [0.1, 0.15) is 0 Å². The molecule has 1 N–H and O–H groups in total. The summed E-state index contributed by atoms with van der Waals surface area (Å²) >= 11 is 0. The van der Waals surface area contributed by atoms with E-state index in [-0.39, 0.29) is 0 Å². The molecule has 1 heterocycles. The SMILES string of the molecule is CC1CCN(C(=N)C2CC2)C(C)C1. The number of piperidine rings is 1. The van der Waals surface area contributed by atoms with Crippen molar-refractivity contribution in [3.05, 3.63) is 0 Å². The van der Waals surface area contributed by atoms with Crippen LogP contribution in [0.25, 0.3) is 0 Å². The molecule has 0 aromatic heterocycles. The highest BCUT2D eigenvalue weighted by Crippen LogP contribution is 2.34. The van der Waals surface area contributed by atoms with Crippen molar-refractivity contribution < 1.29 is 0 Å². The second-order valence-corrected chi connectivity index (χ2v) is 4.83. The minimum Gasteiger partial charge on any atom is -0.358 e. The molecule has 2 atom stereocenters. The molecule has 0 bridgehead atoms. The van der Waals surface area contributed by atoms with E-state index in [4.69, 9.17) is 5.41 Å². The predicted octanol–water partition coefficient (Wildman–Crippen LogP) is 2.49. The summed E-state index contributed by atoms with van der Waals surface area (Å²) in [5.74, 6) is 2.41. The van der Waals surface area contributed by atoms with Crippen LogP contribution in [-0.4, -0.2) is 23.3 Å². The molecule has 0 aromatic rings. The lowest BCUT2D eigenvalue weighted by Crippen LogP contribution is -2.44. The number of hydrogen-bond acceptors (Lipinski definition) is 1. The Kier molecular flexibility index (Phi) is 2.31. The first-order valence-corrected chi connectivity index (χ1v) is 5.53. The highest BCUT2D eigenvalue weighted by atomic mass is 15.2. The van der Waals surface area contributed by atoms with E-state index in [1.807, 2.05) is 0 Å². The van der Waals surface area contributed by atoms with Crippen LogP contribution in [0.3, 0.4) is 0 Å². The Balaban J connectivity index is 1.94. The highest BCUT2D eigenvalue weighted by molar-refractivity contribution is 5.84. The summed E-state index contributed by atoms with van der Waals surface area (Å²) in [4.78, 5) is 2.33. The summed E-state index contributed by atoms with van der Waals surface area (Å²) in [6.07, 6.45) is 5.07. The van der Waals surface area contributed by atoms with E-state index in [1.54, 1.807) is 0 Å². The lowest BCUT2D eigenvalue weighted by Gasteiger charge is -2.38. The van der Waals surface area contributed by atoms with Crippen LogP contribution in [0.15, 0.2) is 0 Å². The van der Waals surface area contributed by atoms with E-state index in [0.29, 0.717) is 12.0 Å². The molecular weight excluding hydrogens is 160 g/mol. The third-order valence-corrected chi connectivity index (χ3v) is 3.41. The maximum Gasteiger partial charge on any atom is 0.0991 e. The first-order chi connectivity index (χ1) is 6.18. The zero-order valence-corrected chi connectivity index (χ0v) is 8.71. The monoisotopic (exact) mass is 180 g/mol. The first kappa shape index (κ1) is 9.04. The quantitative estimate of drug-likeness (QED) is 0.487. The maximum absolute atomic E-state index is 8.02. The molecule has 1 saturated carbocycles. The molecule has 2 aliphatic rings. The van der Waals surface area contributed by atoms with Gasteiger partial charge < -0.3 is 4.90 Å². The average molecular weight is 180 g/mol. The maximum atomic E-state index is 8.02. The van der Waals surface area contributed by atoms with Gasteiger partial charge in [0.25, 0.3) is 0 Å². The zero-order chi connectivity index (χ0) is 9.42. The van der Waals surface area contributed by atoms with Gasteiger partial charge in [-0.05, 0) is 38.5 Å². The van der Waals surface area contributed by atoms with E-state index in [9.17, 15) is 0 Å². The van der Waals surface area contributed by atoms with Gasteiger partial charge in [-0.3, -0.25) is 5.41 Å². The molecule has 1 saturated heterocycles. The van der Waals surface area contributed by atoms with Crippen LogP contribution in [0, 0.1) is 17.2 Å². The lowest BCUT2D eigenvalue weighted by atomic mass is 9.93. The Morgan fingerprint density at radius 1 is 1.23 bits per heavy atom. The largest absolute Gasteiger partial charge is 0.358 e.